The van der Waals surface area contributed by atoms with Crippen LogP contribution in [-0.2, 0) is 19.6 Å². The van der Waals surface area contributed by atoms with Crippen molar-refractivity contribution in [1.82, 2.24) is 24.6 Å². The standard InChI is InChI=1S/C19H29N5/c1-4-24-19(20-15-21-24)14-23-12-6-5-7-18(23)17-10-8-16(9-11-17)13-22(2)3/h8-11,15,18H,4-7,12-14H2,1-3H3. The second-order valence-electron chi connectivity index (χ2n) is 6.95. The summed E-state index contributed by atoms with van der Waals surface area (Å²) in [6.45, 7) is 6.02. The Kier molecular flexibility index (Phi) is 5.63. The minimum absolute atomic E-state index is 0.495. The molecule has 5 heteroatoms. The fourth-order valence-corrected chi connectivity index (χ4v) is 3.62. The largest absolute Gasteiger partial charge is 0.305 e. The zero-order valence-electron chi connectivity index (χ0n) is 15.1. The summed E-state index contributed by atoms with van der Waals surface area (Å²) in [5.74, 6) is 1.08. The van der Waals surface area contributed by atoms with Gasteiger partial charge in [-0.05, 0) is 51.5 Å². The van der Waals surface area contributed by atoms with Gasteiger partial charge >= 0.3 is 0 Å². The van der Waals surface area contributed by atoms with Gasteiger partial charge in [0.25, 0.3) is 0 Å². The fourth-order valence-electron chi connectivity index (χ4n) is 3.62. The molecule has 2 heterocycles. The molecule has 1 aromatic heterocycles. The highest BCUT2D eigenvalue weighted by atomic mass is 15.3. The number of nitrogens with zero attached hydrogens (tertiary/aromatic N) is 5. The second kappa shape index (κ2) is 7.90. The van der Waals surface area contributed by atoms with Crippen molar-refractivity contribution in [2.75, 3.05) is 20.6 Å². The molecule has 1 fully saturated rings. The molecule has 0 aliphatic carbocycles. The van der Waals surface area contributed by atoms with Gasteiger partial charge in [-0.25, -0.2) is 9.67 Å². The van der Waals surface area contributed by atoms with Crippen molar-refractivity contribution in [3.8, 4) is 0 Å². The number of likely N-dealkylation sites (tertiary alicyclic amines) is 1. The molecule has 1 aliphatic rings. The molecule has 1 atom stereocenters. The van der Waals surface area contributed by atoms with Gasteiger partial charge in [-0.2, -0.15) is 5.10 Å². The molecule has 0 saturated carbocycles. The molecule has 2 aromatic rings. The van der Waals surface area contributed by atoms with Crippen molar-refractivity contribution >= 4 is 0 Å². The molecule has 1 unspecified atom stereocenters. The van der Waals surface area contributed by atoms with Gasteiger partial charge in [0.2, 0.25) is 0 Å². The third-order valence-corrected chi connectivity index (χ3v) is 4.82. The van der Waals surface area contributed by atoms with Crippen molar-refractivity contribution in [3.05, 3.63) is 47.5 Å². The Hall–Kier alpha value is -1.72. The number of aryl methyl sites for hydroxylation is 1. The first-order valence-electron chi connectivity index (χ1n) is 9.01. The highest BCUT2D eigenvalue weighted by molar-refractivity contribution is 5.25. The third kappa shape index (κ3) is 4.02. The average molecular weight is 327 g/mol. The number of piperidine rings is 1. The summed E-state index contributed by atoms with van der Waals surface area (Å²) in [5.41, 5.74) is 2.80. The molecule has 1 aromatic carbocycles. The van der Waals surface area contributed by atoms with E-state index in [4.69, 9.17) is 0 Å². The van der Waals surface area contributed by atoms with Crippen LogP contribution in [0.4, 0.5) is 0 Å². The van der Waals surface area contributed by atoms with E-state index in [0.29, 0.717) is 6.04 Å². The first-order chi connectivity index (χ1) is 11.7. The van der Waals surface area contributed by atoms with E-state index in [2.05, 4.69) is 65.2 Å². The van der Waals surface area contributed by atoms with Crippen LogP contribution in [0.5, 0.6) is 0 Å². The van der Waals surface area contributed by atoms with Gasteiger partial charge in [-0.1, -0.05) is 30.7 Å². The van der Waals surface area contributed by atoms with Crippen LogP contribution in [0.2, 0.25) is 0 Å². The van der Waals surface area contributed by atoms with Crippen molar-refractivity contribution in [2.45, 2.75) is 51.9 Å². The molecule has 0 spiro atoms. The average Bonchev–Trinajstić information content (AvgIpc) is 3.03. The van der Waals surface area contributed by atoms with Crippen molar-refractivity contribution in [1.29, 1.82) is 0 Å². The zero-order chi connectivity index (χ0) is 16.9. The van der Waals surface area contributed by atoms with Crippen molar-refractivity contribution in [3.63, 3.8) is 0 Å². The number of hydrogen-bond donors (Lipinski definition) is 0. The minimum Gasteiger partial charge on any atom is -0.305 e. The van der Waals surface area contributed by atoms with E-state index in [1.165, 1.54) is 30.4 Å². The number of hydrogen-bond acceptors (Lipinski definition) is 4. The topological polar surface area (TPSA) is 37.2 Å². The second-order valence-corrected chi connectivity index (χ2v) is 6.95. The van der Waals surface area contributed by atoms with Crippen molar-refractivity contribution in [2.24, 2.45) is 0 Å². The maximum absolute atomic E-state index is 4.46. The van der Waals surface area contributed by atoms with Gasteiger partial charge < -0.3 is 4.90 Å². The van der Waals surface area contributed by atoms with Crippen LogP contribution in [0.3, 0.4) is 0 Å². The van der Waals surface area contributed by atoms with E-state index >= 15 is 0 Å². The van der Waals surface area contributed by atoms with Crippen LogP contribution in [0, 0.1) is 0 Å². The van der Waals surface area contributed by atoms with E-state index in [9.17, 15) is 0 Å². The van der Waals surface area contributed by atoms with Crippen LogP contribution in [-0.4, -0.2) is 45.2 Å². The van der Waals surface area contributed by atoms with Crippen LogP contribution in [0.1, 0.15) is 49.2 Å². The maximum atomic E-state index is 4.46. The molecule has 24 heavy (non-hydrogen) atoms. The number of benzene rings is 1. The summed E-state index contributed by atoms with van der Waals surface area (Å²) >= 11 is 0. The van der Waals surface area contributed by atoms with E-state index in [-0.39, 0.29) is 0 Å². The maximum Gasteiger partial charge on any atom is 0.141 e. The van der Waals surface area contributed by atoms with Gasteiger partial charge in [0.05, 0.1) is 6.54 Å². The molecule has 3 rings (SSSR count). The van der Waals surface area contributed by atoms with Gasteiger partial charge in [-0.15, -0.1) is 0 Å². The van der Waals surface area contributed by atoms with E-state index < -0.39 is 0 Å². The minimum atomic E-state index is 0.495. The lowest BCUT2D eigenvalue weighted by molar-refractivity contribution is 0.134. The molecule has 130 valence electrons. The van der Waals surface area contributed by atoms with E-state index in [0.717, 1.165) is 32.0 Å². The normalized spacial score (nSPS) is 19.1. The predicted molar refractivity (Wildman–Crippen MR) is 96.5 cm³/mol. The summed E-state index contributed by atoms with van der Waals surface area (Å²) in [4.78, 5) is 9.24. The first kappa shape index (κ1) is 17.1. The smallest absolute Gasteiger partial charge is 0.141 e. The lowest BCUT2D eigenvalue weighted by Crippen LogP contribution is -2.34. The predicted octanol–water partition coefficient (Wildman–Crippen LogP) is 3.09. The highest BCUT2D eigenvalue weighted by Gasteiger charge is 2.25. The Bertz CT molecular complexity index is 631. The van der Waals surface area contributed by atoms with Gasteiger partial charge in [0, 0.05) is 19.1 Å². The van der Waals surface area contributed by atoms with Crippen LogP contribution in [0.25, 0.3) is 0 Å². The lowest BCUT2D eigenvalue weighted by atomic mass is 9.94. The third-order valence-electron chi connectivity index (χ3n) is 4.82. The van der Waals surface area contributed by atoms with Crippen molar-refractivity contribution < 1.29 is 0 Å². The lowest BCUT2D eigenvalue weighted by Gasteiger charge is -2.35. The van der Waals surface area contributed by atoms with Crippen LogP contribution >= 0.6 is 0 Å². The summed E-state index contributed by atoms with van der Waals surface area (Å²) in [5, 5.41) is 4.31. The number of rotatable bonds is 6. The van der Waals surface area contributed by atoms with Gasteiger partial charge in [-0.3, -0.25) is 4.90 Å². The summed E-state index contributed by atoms with van der Waals surface area (Å²) in [7, 11) is 4.22. The summed E-state index contributed by atoms with van der Waals surface area (Å²) in [6, 6.07) is 9.67. The Morgan fingerprint density at radius 2 is 1.96 bits per heavy atom. The summed E-state index contributed by atoms with van der Waals surface area (Å²) in [6.07, 6.45) is 5.48. The van der Waals surface area contributed by atoms with Gasteiger partial charge in [0.15, 0.2) is 0 Å². The molecule has 1 saturated heterocycles. The monoisotopic (exact) mass is 327 g/mol. The molecule has 1 aliphatic heterocycles. The fraction of sp³-hybridized carbons (Fsp3) is 0.579. The SMILES string of the molecule is CCn1ncnc1CN1CCCCC1c1ccc(CN(C)C)cc1. The molecular weight excluding hydrogens is 298 g/mol. The molecular formula is C19H29N5. The summed E-state index contributed by atoms with van der Waals surface area (Å²) < 4.78 is 2.01. The molecule has 0 amide bonds. The highest BCUT2D eigenvalue weighted by Crippen LogP contribution is 2.32. The molecule has 0 bridgehead atoms. The first-order valence-corrected chi connectivity index (χ1v) is 9.01. The van der Waals surface area contributed by atoms with Crippen LogP contribution < -0.4 is 0 Å². The van der Waals surface area contributed by atoms with Crippen LogP contribution in [0.15, 0.2) is 30.6 Å². The van der Waals surface area contributed by atoms with E-state index in [1.807, 2.05) is 4.68 Å². The quantitative estimate of drug-likeness (QED) is 0.817. The molecule has 0 N–H and O–H groups in total. The Labute approximate surface area is 145 Å². The van der Waals surface area contributed by atoms with E-state index in [1.54, 1.807) is 6.33 Å². The Morgan fingerprint density at radius 1 is 1.17 bits per heavy atom. The molecule has 5 nitrogen and oxygen atoms in total. The Balaban J connectivity index is 1.74. The number of aromatic nitrogens is 3. The zero-order valence-corrected chi connectivity index (χ0v) is 15.1. The molecule has 0 radical (unpaired) electrons. The Morgan fingerprint density at radius 3 is 2.67 bits per heavy atom. The van der Waals surface area contributed by atoms with Gasteiger partial charge in [0.1, 0.15) is 12.2 Å².